The second-order valence-electron chi connectivity index (χ2n) is 4.76. The lowest BCUT2D eigenvalue weighted by Crippen LogP contribution is -2.03. The summed E-state index contributed by atoms with van der Waals surface area (Å²) in [5, 5.41) is 20.5. The number of aromatic hydroxyl groups is 2. The highest BCUT2D eigenvalue weighted by Gasteiger charge is 2.23. The van der Waals surface area contributed by atoms with Crippen molar-refractivity contribution in [3.05, 3.63) is 28.6 Å². The predicted octanol–water partition coefficient (Wildman–Crippen LogP) is 2.38. The zero-order valence-corrected chi connectivity index (χ0v) is 12.7. The molecule has 0 aliphatic heterocycles. The Bertz CT molecular complexity index is 972. The summed E-state index contributed by atoms with van der Waals surface area (Å²) in [5.74, 6) is 0.308. The third kappa shape index (κ3) is 2.01. The zero-order chi connectivity index (χ0) is 16.7. The van der Waals surface area contributed by atoms with Crippen molar-refractivity contribution in [3.63, 3.8) is 0 Å². The minimum atomic E-state index is -0.782. The van der Waals surface area contributed by atoms with Gasteiger partial charge in [0.25, 0.3) is 0 Å². The molecule has 0 atom stereocenters. The smallest absolute Gasteiger partial charge is 0.348 e. The lowest BCUT2D eigenvalue weighted by atomic mass is 10.0. The first-order valence-corrected chi connectivity index (χ1v) is 6.63. The Morgan fingerprint density at radius 2 is 1.48 bits per heavy atom. The van der Waals surface area contributed by atoms with Crippen LogP contribution in [0.3, 0.4) is 0 Å². The summed E-state index contributed by atoms with van der Waals surface area (Å²) in [7, 11) is 4.28. The van der Waals surface area contributed by atoms with Gasteiger partial charge in [-0.05, 0) is 12.1 Å². The summed E-state index contributed by atoms with van der Waals surface area (Å²) in [6, 6.07) is 3.96. The molecule has 0 amide bonds. The molecule has 0 aliphatic carbocycles. The fourth-order valence-corrected chi connectivity index (χ4v) is 2.64. The number of hydrogen-bond donors (Lipinski definition) is 2. The highest BCUT2D eigenvalue weighted by atomic mass is 16.5. The quantitative estimate of drug-likeness (QED) is 0.434. The van der Waals surface area contributed by atoms with Crippen LogP contribution in [-0.2, 0) is 0 Å². The van der Waals surface area contributed by atoms with E-state index in [9.17, 15) is 15.0 Å². The second-order valence-corrected chi connectivity index (χ2v) is 4.76. The Labute approximate surface area is 130 Å². The summed E-state index contributed by atoms with van der Waals surface area (Å²) in [6.07, 6.45) is 0. The van der Waals surface area contributed by atoms with Crippen LogP contribution in [0.4, 0.5) is 0 Å². The predicted molar refractivity (Wildman–Crippen MR) is 83.0 cm³/mol. The largest absolute Gasteiger partial charge is 0.507 e. The number of phenols is 2. The molecule has 7 heteroatoms. The molecule has 2 N–H and O–H groups in total. The molecule has 7 nitrogen and oxygen atoms in total. The van der Waals surface area contributed by atoms with Crippen LogP contribution >= 0.6 is 0 Å². The van der Waals surface area contributed by atoms with Gasteiger partial charge in [-0.2, -0.15) is 0 Å². The Balaban J connectivity index is 2.69. The molecule has 0 radical (unpaired) electrons. The number of fused-ring (bicyclic) bond motifs is 3. The van der Waals surface area contributed by atoms with Crippen molar-refractivity contribution in [2.24, 2.45) is 0 Å². The molecular weight excluding hydrogens is 304 g/mol. The number of benzene rings is 2. The molecule has 23 heavy (non-hydrogen) atoms. The van der Waals surface area contributed by atoms with Crippen LogP contribution in [0.2, 0.25) is 0 Å². The first-order chi connectivity index (χ1) is 11.0. The van der Waals surface area contributed by atoms with E-state index in [4.69, 9.17) is 18.6 Å². The molecule has 0 bridgehead atoms. The summed E-state index contributed by atoms with van der Waals surface area (Å²) in [5.41, 5.74) is -0.645. The van der Waals surface area contributed by atoms with Crippen LogP contribution in [-0.4, -0.2) is 31.5 Å². The van der Waals surface area contributed by atoms with Gasteiger partial charge in [-0.3, -0.25) is 0 Å². The molecule has 0 aliphatic rings. The monoisotopic (exact) mass is 318 g/mol. The van der Waals surface area contributed by atoms with Gasteiger partial charge in [0.2, 0.25) is 5.75 Å². The van der Waals surface area contributed by atoms with Crippen molar-refractivity contribution in [1.82, 2.24) is 0 Å². The van der Waals surface area contributed by atoms with Gasteiger partial charge in [0.15, 0.2) is 11.5 Å². The maximum absolute atomic E-state index is 12.2. The van der Waals surface area contributed by atoms with Gasteiger partial charge < -0.3 is 28.8 Å². The maximum atomic E-state index is 12.2. The molecule has 1 heterocycles. The third-order valence-corrected chi connectivity index (χ3v) is 3.61. The summed E-state index contributed by atoms with van der Waals surface area (Å²) in [6.45, 7) is 0. The molecule has 0 saturated carbocycles. The van der Waals surface area contributed by atoms with E-state index in [2.05, 4.69) is 0 Å². The zero-order valence-electron chi connectivity index (χ0n) is 12.7. The molecule has 0 saturated heterocycles. The molecular formula is C16H14O7. The molecule has 120 valence electrons. The highest BCUT2D eigenvalue weighted by Crippen LogP contribution is 2.47. The van der Waals surface area contributed by atoms with Crippen LogP contribution in [0.25, 0.3) is 21.7 Å². The molecule has 2 aromatic carbocycles. The van der Waals surface area contributed by atoms with Crippen molar-refractivity contribution in [3.8, 4) is 28.7 Å². The van der Waals surface area contributed by atoms with Gasteiger partial charge in [-0.25, -0.2) is 4.79 Å². The number of rotatable bonds is 3. The summed E-state index contributed by atoms with van der Waals surface area (Å²) < 4.78 is 21.1. The van der Waals surface area contributed by atoms with Gasteiger partial charge in [-0.1, -0.05) is 0 Å². The summed E-state index contributed by atoms with van der Waals surface area (Å²) in [4.78, 5) is 12.2. The topological polar surface area (TPSA) is 98.4 Å². The minimum Gasteiger partial charge on any atom is -0.507 e. The SMILES string of the molecule is COc1cc2oc(=O)c3c(O)ccc(O)c3c2c(OC)c1OC. The first kappa shape index (κ1) is 14.8. The van der Waals surface area contributed by atoms with Gasteiger partial charge in [0, 0.05) is 11.5 Å². The van der Waals surface area contributed by atoms with E-state index in [0.29, 0.717) is 11.1 Å². The number of methoxy groups -OCH3 is 3. The molecule has 3 aromatic rings. The lowest BCUT2D eigenvalue weighted by Gasteiger charge is -2.15. The maximum Gasteiger partial charge on any atom is 0.348 e. The van der Waals surface area contributed by atoms with E-state index in [1.807, 2.05) is 0 Å². The molecule has 0 spiro atoms. The van der Waals surface area contributed by atoms with Gasteiger partial charge >= 0.3 is 5.63 Å². The van der Waals surface area contributed by atoms with Crippen LogP contribution in [0.15, 0.2) is 27.4 Å². The number of ether oxygens (including phenoxy) is 3. The average Bonchev–Trinajstić information content (AvgIpc) is 2.55. The first-order valence-electron chi connectivity index (χ1n) is 6.63. The van der Waals surface area contributed by atoms with E-state index in [-0.39, 0.29) is 39.4 Å². The van der Waals surface area contributed by atoms with Crippen molar-refractivity contribution < 1.29 is 28.8 Å². The van der Waals surface area contributed by atoms with Gasteiger partial charge in [0.05, 0.1) is 26.7 Å². The number of phenolic OH excluding ortho intramolecular Hbond substituents is 2. The fraction of sp³-hybridized carbons (Fsp3) is 0.188. The van der Waals surface area contributed by atoms with Crippen LogP contribution in [0.5, 0.6) is 28.7 Å². The van der Waals surface area contributed by atoms with Crippen molar-refractivity contribution in [1.29, 1.82) is 0 Å². The van der Waals surface area contributed by atoms with E-state index in [0.717, 1.165) is 0 Å². The van der Waals surface area contributed by atoms with Crippen LogP contribution < -0.4 is 19.8 Å². The Morgan fingerprint density at radius 1 is 0.870 bits per heavy atom. The number of hydrogen-bond acceptors (Lipinski definition) is 7. The molecule has 0 fully saturated rings. The second kappa shape index (κ2) is 5.28. The van der Waals surface area contributed by atoms with Crippen molar-refractivity contribution >= 4 is 21.7 Å². The van der Waals surface area contributed by atoms with Gasteiger partial charge in [-0.15, -0.1) is 0 Å². The van der Waals surface area contributed by atoms with Crippen LogP contribution in [0, 0.1) is 0 Å². The average molecular weight is 318 g/mol. The Kier molecular flexibility index (Phi) is 3.40. The van der Waals surface area contributed by atoms with E-state index in [1.165, 1.54) is 39.5 Å². The van der Waals surface area contributed by atoms with E-state index >= 15 is 0 Å². The third-order valence-electron chi connectivity index (χ3n) is 3.61. The highest BCUT2D eigenvalue weighted by molar-refractivity contribution is 6.13. The van der Waals surface area contributed by atoms with Gasteiger partial charge in [0.1, 0.15) is 22.5 Å². The summed E-state index contributed by atoms with van der Waals surface area (Å²) >= 11 is 0. The van der Waals surface area contributed by atoms with Crippen LogP contribution in [0.1, 0.15) is 0 Å². The lowest BCUT2D eigenvalue weighted by molar-refractivity contribution is 0.326. The van der Waals surface area contributed by atoms with Crippen molar-refractivity contribution in [2.45, 2.75) is 0 Å². The molecule has 3 rings (SSSR count). The van der Waals surface area contributed by atoms with E-state index in [1.54, 1.807) is 0 Å². The normalized spacial score (nSPS) is 10.9. The van der Waals surface area contributed by atoms with E-state index < -0.39 is 5.63 Å². The Hall–Kier alpha value is -3.09. The minimum absolute atomic E-state index is 0.119. The van der Waals surface area contributed by atoms with Crippen molar-refractivity contribution in [2.75, 3.05) is 21.3 Å². The molecule has 1 aromatic heterocycles. The Morgan fingerprint density at radius 3 is 2.04 bits per heavy atom. The standard InChI is InChI=1S/C16H14O7/c1-20-10-6-9-13(15(22-3)14(10)21-2)11-7(17)4-5-8(18)12(11)16(19)23-9/h4-6,17-18H,1-3H3. The fourth-order valence-electron chi connectivity index (χ4n) is 2.64. The molecule has 0 unspecified atom stereocenters.